The average molecular weight is 320 g/mol. The normalized spacial score (nSPS) is 11.0. The van der Waals surface area contributed by atoms with Crippen LogP contribution >= 0.6 is 11.3 Å². The van der Waals surface area contributed by atoms with Gasteiger partial charge in [-0.25, -0.2) is 4.98 Å². The van der Waals surface area contributed by atoms with Gasteiger partial charge in [0.2, 0.25) is 0 Å². The zero-order valence-corrected chi connectivity index (χ0v) is 12.8. The summed E-state index contributed by atoms with van der Waals surface area (Å²) >= 11 is 1.48. The molecule has 112 valence electrons. The van der Waals surface area contributed by atoms with Crippen molar-refractivity contribution in [3.63, 3.8) is 0 Å². The number of aromatic hydroxyl groups is 1. The van der Waals surface area contributed by atoms with Crippen molar-refractivity contribution in [1.82, 2.24) is 9.97 Å². The van der Waals surface area contributed by atoms with Gasteiger partial charge in [0.25, 0.3) is 5.56 Å². The molecule has 2 heterocycles. The van der Waals surface area contributed by atoms with Gasteiger partial charge in [-0.1, -0.05) is 42.5 Å². The lowest BCUT2D eigenvalue weighted by Crippen LogP contribution is -2.07. The first-order valence-electron chi connectivity index (χ1n) is 7.09. The summed E-state index contributed by atoms with van der Waals surface area (Å²) in [5, 5.41) is 10.2. The van der Waals surface area contributed by atoms with Gasteiger partial charge in [-0.3, -0.25) is 4.79 Å². The van der Waals surface area contributed by atoms with Gasteiger partial charge >= 0.3 is 0 Å². The summed E-state index contributed by atoms with van der Waals surface area (Å²) in [6.07, 6.45) is 0. The highest BCUT2D eigenvalue weighted by Gasteiger charge is 2.11. The molecule has 2 aromatic heterocycles. The number of phenols is 1. The zero-order valence-electron chi connectivity index (χ0n) is 12.0. The van der Waals surface area contributed by atoms with Gasteiger partial charge in [0.05, 0.1) is 5.39 Å². The molecule has 0 saturated heterocycles. The van der Waals surface area contributed by atoms with Crippen LogP contribution in [0.4, 0.5) is 0 Å². The third-order valence-electron chi connectivity index (χ3n) is 3.58. The van der Waals surface area contributed by atoms with E-state index in [0.717, 1.165) is 10.4 Å². The van der Waals surface area contributed by atoms with Crippen molar-refractivity contribution in [2.75, 3.05) is 0 Å². The predicted molar refractivity (Wildman–Crippen MR) is 92.8 cm³/mol. The summed E-state index contributed by atoms with van der Waals surface area (Å²) < 4.78 is 0. The minimum absolute atomic E-state index is 0.140. The molecule has 0 radical (unpaired) electrons. The van der Waals surface area contributed by atoms with Crippen molar-refractivity contribution in [3.05, 3.63) is 71.0 Å². The zero-order chi connectivity index (χ0) is 15.8. The van der Waals surface area contributed by atoms with Crippen molar-refractivity contribution in [1.29, 1.82) is 0 Å². The van der Waals surface area contributed by atoms with Crippen molar-refractivity contribution in [2.45, 2.75) is 0 Å². The molecule has 4 rings (SSSR count). The Bertz CT molecular complexity index is 1050. The molecule has 0 aliphatic heterocycles. The standard InChI is InChI=1S/C18H12N2O2S/c21-13-8-4-7-12(9-13)16-19-17(22)14-10-15(23-18(14)20-16)11-5-2-1-3-6-11/h1-10,21H,(H,19,20,22). The number of rotatable bonds is 2. The van der Waals surface area contributed by atoms with Gasteiger partial charge in [-0.05, 0) is 23.8 Å². The van der Waals surface area contributed by atoms with Gasteiger partial charge < -0.3 is 10.1 Å². The number of phenolic OH excluding ortho intramolecular Hbond substituents is 1. The number of benzene rings is 2. The van der Waals surface area contributed by atoms with E-state index in [1.54, 1.807) is 24.3 Å². The molecule has 0 fully saturated rings. The maximum Gasteiger partial charge on any atom is 0.259 e. The molecule has 4 aromatic rings. The number of aromatic amines is 1. The molecule has 0 amide bonds. The van der Waals surface area contributed by atoms with Crippen LogP contribution < -0.4 is 5.56 Å². The summed E-state index contributed by atoms with van der Waals surface area (Å²) in [5.41, 5.74) is 1.57. The Labute approximate surface area is 135 Å². The minimum Gasteiger partial charge on any atom is -0.508 e. The Kier molecular flexibility index (Phi) is 3.20. The van der Waals surface area contributed by atoms with E-state index in [1.165, 1.54) is 11.3 Å². The molecule has 23 heavy (non-hydrogen) atoms. The predicted octanol–water partition coefficient (Wildman–Crippen LogP) is 4.02. The third kappa shape index (κ3) is 2.51. The van der Waals surface area contributed by atoms with E-state index in [0.29, 0.717) is 21.6 Å². The minimum atomic E-state index is -0.174. The molecule has 0 aliphatic carbocycles. The quantitative estimate of drug-likeness (QED) is 0.586. The van der Waals surface area contributed by atoms with Crippen LogP contribution in [0.15, 0.2) is 65.5 Å². The maximum atomic E-state index is 12.4. The van der Waals surface area contributed by atoms with Gasteiger partial charge in [0, 0.05) is 10.4 Å². The van der Waals surface area contributed by atoms with Crippen LogP contribution in [0.25, 0.3) is 32.0 Å². The van der Waals surface area contributed by atoms with E-state index in [4.69, 9.17) is 0 Å². The number of hydrogen-bond donors (Lipinski definition) is 2. The number of fused-ring (bicyclic) bond motifs is 1. The molecule has 0 spiro atoms. The first kappa shape index (κ1) is 13.7. The molecule has 0 bridgehead atoms. The molecule has 4 nitrogen and oxygen atoms in total. The van der Waals surface area contributed by atoms with Crippen LogP contribution in [0.3, 0.4) is 0 Å². The fourth-order valence-corrected chi connectivity index (χ4v) is 3.50. The Morgan fingerprint density at radius 3 is 2.52 bits per heavy atom. The van der Waals surface area contributed by atoms with Gasteiger partial charge in [0.15, 0.2) is 0 Å². The molecular formula is C18H12N2O2S. The number of hydrogen-bond acceptors (Lipinski definition) is 4. The van der Waals surface area contributed by atoms with E-state index < -0.39 is 0 Å². The van der Waals surface area contributed by atoms with E-state index in [2.05, 4.69) is 9.97 Å². The van der Waals surface area contributed by atoms with Crippen LogP contribution in [-0.2, 0) is 0 Å². The lowest BCUT2D eigenvalue weighted by molar-refractivity contribution is 0.475. The van der Waals surface area contributed by atoms with E-state index in [1.807, 2.05) is 36.4 Å². The highest BCUT2D eigenvalue weighted by Crippen LogP contribution is 2.31. The van der Waals surface area contributed by atoms with Crippen molar-refractivity contribution >= 4 is 21.6 Å². The first-order valence-corrected chi connectivity index (χ1v) is 7.91. The highest BCUT2D eigenvalue weighted by molar-refractivity contribution is 7.21. The second kappa shape index (κ2) is 5.37. The summed E-state index contributed by atoms with van der Waals surface area (Å²) in [5.74, 6) is 0.598. The van der Waals surface area contributed by atoms with Crippen molar-refractivity contribution in [2.24, 2.45) is 0 Å². The summed E-state index contributed by atoms with van der Waals surface area (Å²) in [6, 6.07) is 18.5. The van der Waals surface area contributed by atoms with Gasteiger partial charge in [-0.15, -0.1) is 11.3 Å². The summed E-state index contributed by atoms with van der Waals surface area (Å²) in [4.78, 5) is 21.4. The van der Waals surface area contributed by atoms with Gasteiger partial charge in [-0.2, -0.15) is 0 Å². The van der Waals surface area contributed by atoms with E-state index in [9.17, 15) is 9.90 Å². The molecular weight excluding hydrogens is 308 g/mol. The lowest BCUT2D eigenvalue weighted by atomic mass is 10.2. The average Bonchev–Trinajstić information content (AvgIpc) is 3.00. The second-order valence-electron chi connectivity index (χ2n) is 5.16. The first-order chi connectivity index (χ1) is 11.2. The SMILES string of the molecule is O=c1[nH]c(-c2cccc(O)c2)nc2sc(-c3ccccc3)cc12. The van der Waals surface area contributed by atoms with Crippen molar-refractivity contribution in [3.8, 4) is 27.6 Å². The Balaban J connectivity index is 1.89. The van der Waals surface area contributed by atoms with Gasteiger partial charge in [0.1, 0.15) is 16.4 Å². The number of nitrogens with one attached hydrogen (secondary N) is 1. The van der Waals surface area contributed by atoms with Crippen LogP contribution in [0.1, 0.15) is 0 Å². The topological polar surface area (TPSA) is 66.0 Å². The Morgan fingerprint density at radius 2 is 1.74 bits per heavy atom. The second-order valence-corrected chi connectivity index (χ2v) is 6.19. The maximum absolute atomic E-state index is 12.4. The van der Waals surface area contributed by atoms with E-state index >= 15 is 0 Å². The molecule has 5 heteroatoms. The summed E-state index contributed by atoms with van der Waals surface area (Å²) in [6.45, 7) is 0. The van der Waals surface area contributed by atoms with Crippen LogP contribution in [0.2, 0.25) is 0 Å². The Morgan fingerprint density at radius 1 is 0.957 bits per heavy atom. The monoisotopic (exact) mass is 320 g/mol. The largest absolute Gasteiger partial charge is 0.508 e. The molecule has 0 unspecified atom stereocenters. The highest BCUT2D eigenvalue weighted by atomic mass is 32.1. The molecule has 0 aliphatic rings. The number of H-pyrrole nitrogens is 1. The molecule has 2 aromatic carbocycles. The van der Waals surface area contributed by atoms with Crippen LogP contribution in [-0.4, -0.2) is 15.1 Å². The van der Waals surface area contributed by atoms with Crippen molar-refractivity contribution < 1.29 is 5.11 Å². The molecule has 2 N–H and O–H groups in total. The fourth-order valence-electron chi connectivity index (χ4n) is 2.47. The summed E-state index contributed by atoms with van der Waals surface area (Å²) in [7, 11) is 0. The lowest BCUT2D eigenvalue weighted by Gasteiger charge is -2.01. The number of nitrogens with zero attached hydrogens (tertiary/aromatic N) is 1. The Hall–Kier alpha value is -2.92. The molecule has 0 saturated carbocycles. The van der Waals surface area contributed by atoms with E-state index in [-0.39, 0.29) is 11.3 Å². The number of thiophene rings is 1. The third-order valence-corrected chi connectivity index (χ3v) is 4.66. The smallest absolute Gasteiger partial charge is 0.259 e. The number of aromatic nitrogens is 2. The van der Waals surface area contributed by atoms with Crippen LogP contribution in [0.5, 0.6) is 5.75 Å². The van der Waals surface area contributed by atoms with Crippen LogP contribution in [0, 0.1) is 0 Å². The molecule has 0 atom stereocenters. The fraction of sp³-hybridized carbons (Fsp3) is 0.